The number of thioether (sulfide) groups is 1. The molecule has 0 aliphatic carbocycles. The summed E-state index contributed by atoms with van der Waals surface area (Å²) in [5, 5.41) is 0.787. The fourth-order valence-electron chi connectivity index (χ4n) is 3.54. The number of carbonyl (C=O) groups excluding carboxylic acids is 1. The maximum absolute atomic E-state index is 12.5. The number of hydrogen-bond donors (Lipinski definition) is 0. The molecule has 0 N–H and O–H groups in total. The standard InChI is InChI=1S/C23H25N3O3S/c1-16-4-7-18(8-5-16)25-10-12-26(13-11-25)23-24-22(27)21(30-23)15-17-6-9-19(28-2)20(14-17)29-3/h4-9,14-15H,10-13H2,1-3H3. The van der Waals surface area contributed by atoms with E-state index in [1.165, 1.54) is 23.0 Å². The van der Waals surface area contributed by atoms with Gasteiger partial charge in [-0.1, -0.05) is 23.8 Å². The summed E-state index contributed by atoms with van der Waals surface area (Å²) in [7, 11) is 3.20. The molecule has 0 bridgehead atoms. The topological polar surface area (TPSA) is 54.4 Å². The van der Waals surface area contributed by atoms with Crippen LogP contribution in [0.25, 0.3) is 6.08 Å². The number of amidine groups is 1. The molecule has 2 heterocycles. The smallest absolute Gasteiger partial charge is 0.286 e. The molecule has 2 aromatic carbocycles. The van der Waals surface area contributed by atoms with E-state index in [1.807, 2.05) is 24.3 Å². The fraction of sp³-hybridized carbons (Fsp3) is 0.304. The summed E-state index contributed by atoms with van der Waals surface area (Å²) in [5.74, 6) is 1.11. The van der Waals surface area contributed by atoms with Gasteiger partial charge in [-0.2, -0.15) is 4.99 Å². The average molecular weight is 424 g/mol. The van der Waals surface area contributed by atoms with Crippen LogP contribution in [0.2, 0.25) is 0 Å². The molecule has 156 valence electrons. The lowest BCUT2D eigenvalue weighted by atomic mass is 10.2. The number of hydrogen-bond acceptors (Lipinski definition) is 6. The van der Waals surface area contributed by atoms with Crippen molar-refractivity contribution in [3.05, 3.63) is 58.5 Å². The van der Waals surface area contributed by atoms with E-state index in [0.29, 0.717) is 16.4 Å². The monoisotopic (exact) mass is 423 g/mol. The van der Waals surface area contributed by atoms with Gasteiger partial charge in [-0.25, -0.2) is 0 Å². The number of ether oxygens (including phenoxy) is 2. The van der Waals surface area contributed by atoms with Crippen LogP contribution in [-0.4, -0.2) is 56.4 Å². The minimum absolute atomic E-state index is 0.189. The first-order valence-corrected chi connectivity index (χ1v) is 10.7. The normalized spacial score (nSPS) is 18.0. The number of anilines is 1. The van der Waals surface area contributed by atoms with Crippen molar-refractivity contribution in [1.29, 1.82) is 0 Å². The summed E-state index contributed by atoms with van der Waals surface area (Å²) in [4.78, 5) is 22.0. The molecule has 2 aliphatic heterocycles. The van der Waals surface area contributed by atoms with Crippen molar-refractivity contribution < 1.29 is 14.3 Å². The van der Waals surface area contributed by atoms with Gasteiger partial charge in [-0.05, 0) is 54.6 Å². The molecular formula is C23H25N3O3S. The first-order valence-electron chi connectivity index (χ1n) is 9.88. The van der Waals surface area contributed by atoms with Crippen molar-refractivity contribution in [2.75, 3.05) is 45.3 Å². The highest BCUT2D eigenvalue weighted by atomic mass is 32.2. The zero-order valence-electron chi connectivity index (χ0n) is 17.4. The third-order valence-corrected chi connectivity index (χ3v) is 6.31. The van der Waals surface area contributed by atoms with Gasteiger partial charge < -0.3 is 19.3 Å². The quantitative estimate of drug-likeness (QED) is 0.697. The van der Waals surface area contributed by atoms with Gasteiger partial charge in [0.1, 0.15) is 0 Å². The highest BCUT2D eigenvalue weighted by Gasteiger charge is 2.28. The molecule has 1 saturated heterocycles. The summed E-state index contributed by atoms with van der Waals surface area (Å²) >= 11 is 1.44. The molecule has 6 nitrogen and oxygen atoms in total. The van der Waals surface area contributed by atoms with Crippen molar-refractivity contribution in [2.24, 2.45) is 4.99 Å². The third-order valence-electron chi connectivity index (χ3n) is 5.26. The number of benzene rings is 2. The second kappa shape index (κ2) is 8.83. The molecule has 2 aromatic rings. The zero-order valence-corrected chi connectivity index (χ0v) is 18.2. The van der Waals surface area contributed by atoms with Crippen molar-refractivity contribution in [3.63, 3.8) is 0 Å². The molecule has 0 radical (unpaired) electrons. The second-order valence-corrected chi connectivity index (χ2v) is 8.24. The lowest BCUT2D eigenvalue weighted by molar-refractivity contribution is -0.113. The van der Waals surface area contributed by atoms with Crippen LogP contribution in [0.1, 0.15) is 11.1 Å². The van der Waals surface area contributed by atoms with Gasteiger partial charge in [-0.15, -0.1) is 0 Å². The molecule has 0 saturated carbocycles. The molecule has 1 amide bonds. The van der Waals surface area contributed by atoms with E-state index in [-0.39, 0.29) is 5.91 Å². The largest absolute Gasteiger partial charge is 0.493 e. The van der Waals surface area contributed by atoms with Crippen LogP contribution in [0.4, 0.5) is 5.69 Å². The Morgan fingerprint density at radius 3 is 2.27 bits per heavy atom. The number of nitrogens with zero attached hydrogens (tertiary/aromatic N) is 3. The van der Waals surface area contributed by atoms with Gasteiger partial charge >= 0.3 is 0 Å². The van der Waals surface area contributed by atoms with Crippen molar-refractivity contribution in [2.45, 2.75) is 6.92 Å². The number of methoxy groups -OCH3 is 2. The van der Waals surface area contributed by atoms with Crippen LogP contribution in [0.5, 0.6) is 11.5 Å². The van der Waals surface area contributed by atoms with Crippen molar-refractivity contribution in [1.82, 2.24) is 4.90 Å². The molecular weight excluding hydrogens is 398 g/mol. The summed E-state index contributed by atoms with van der Waals surface area (Å²) in [5.41, 5.74) is 3.39. The Balaban J connectivity index is 1.41. The number of rotatable bonds is 4. The van der Waals surface area contributed by atoms with Gasteiger partial charge in [0.05, 0.1) is 19.1 Å². The van der Waals surface area contributed by atoms with Crippen LogP contribution < -0.4 is 14.4 Å². The number of carbonyl (C=O) groups is 1. The minimum Gasteiger partial charge on any atom is -0.493 e. The molecule has 0 unspecified atom stereocenters. The number of aryl methyl sites for hydroxylation is 1. The number of piperazine rings is 1. The van der Waals surface area contributed by atoms with E-state index in [1.54, 1.807) is 14.2 Å². The Morgan fingerprint density at radius 1 is 0.933 bits per heavy atom. The SMILES string of the molecule is COc1ccc(C=C2SC(N3CCN(c4ccc(C)cc4)CC3)=NC2=O)cc1OC. The van der Waals surface area contributed by atoms with Crippen LogP contribution in [0.15, 0.2) is 52.4 Å². The molecule has 2 aliphatic rings. The Hall–Kier alpha value is -2.93. The van der Waals surface area contributed by atoms with Crippen molar-refractivity contribution in [3.8, 4) is 11.5 Å². The van der Waals surface area contributed by atoms with Gasteiger partial charge in [-0.3, -0.25) is 4.79 Å². The highest BCUT2D eigenvalue weighted by Crippen LogP contribution is 2.33. The lowest BCUT2D eigenvalue weighted by Gasteiger charge is -2.36. The Kier molecular flexibility index (Phi) is 5.99. The predicted molar refractivity (Wildman–Crippen MR) is 123 cm³/mol. The fourth-order valence-corrected chi connectivity index (χ4v) is 4.50. The minimum atomic E-state index is -0.189. The summed E-state index contributed by atoms with van der Waals surface area (Å²) < 4.78 is 10.6. The number of amides is 1. The molecule has 4 rings (SSSR count). The Morgan fingerprint density at radius 2 is 1.60 bits per heavy atom. The Bertz CT molecular complexity index is 993. The summed E-state index contributed by atoms with van der Waals surface area (Å²) in [6.07, 6.45) is 1.86. The molecule has 1 fully saturated rings. The van der Waals surface area contributed by atoms with Crippen LogP contribution in [0, 0.1) is 6.92 Å². The van der Waals surface area contributed by atoms with E-state index in [4.69, 9.17) is 9.47 Å². The zero-order chi connectivity index (χ0) is 21.1. The summed E-state index contributed by atoms with van der Waals surface area (Å²) in [6.45, 7) is 5.60. The van der Waals surface area contributed by atoms with E-state index in [0.717, 1.165) is 36.9 Å². The molecule has 30 heavy (non-hydrogen) atoms. The molecule has 0 spiro atoms. The van der Waals surface area contributed by atoms with E-state index in [2.05, 4.69) is 46.0 Å². The van der Waals surface area contributed by atoms with Crippen LogP contribution >= 0.6 is 11.8 Å². The van der Waals surface area contributed by atoms with Gasteiger partial charge in [0.25, 0.3) is 5.91 Å². The van der Waals surface area contributed by atoms with E-state index < -0.39 is 0 Å². The maximum atomic E-state index is 12.5. The maximum Gasteiger partial charge on any atom is 0.286 e. The van der Waals surface area contributed by atoms with Crippen molar-refractivity contribution >= 4 is 34.6 Å². The predicted octanol–water partition coefficient (Wildman–Crippen LogP) is 3.80. The van der Waals surface area contributed by atoms with E-state index in [9.17, 15) is 4.79 Å². The average Bonchev–Trinajstić information content (AvgIpc) is 3.14. The number of aliphatic imine (C=N–C) groups is 1. The van der Waals surface area contributed by atoms with Crippen LogP contribution in [0.3, 0.4) is 0 Å². The van der Waals surface area contributed by atoms with E-state index >= 15 is 0 Å². The molecule has 0 aromatic heterocycles. The second-order valence-electron chi connectivity index (χ2n) is 7.23. The molecule has 7 heteroatoms. The third kappa shape index (κ3) is 4.31. The highest BCUT2D eigenvalue weighted by molar-refractivity contribution is 8.18. The first kappa shape index (κ1) is 20.3. The first-order chi connectivity index (χ1) is 14.6. The molecule has 0 atom stereocenters. The van der Waals surface area contributed by atoms with Gasteiger partial charge in [0, 0.05) is 31.9 Å². The lowest BCUT2D eigenvalue weighted by Crippen LogP contribution is -2.47. The van der Waals surface area contributed by atoms with Crippen LogP contribution in [-0.2, 0) is 4.79 Å². The van der Waals surface area contributed by atoms with Gasteiger partial charge in [0.15, 0.2) is 16.7 Å². The van der Waals surface area contributed by atoms with Gasteiger partial charge in [0.2, 0.25) is 0 Å². The Labute approximate surface area is 181 Å². The summed E-state index contributed by atoms with van der Waals surface area (Å²) in [6, 6.07) is 14.2.